The number of ether oxygens (including phenoxy) is 1. The van der Waals surface area contributed by atoms with Crippen molar-refractivity contribution in [1.82, 2.24) is 14.9 Å². The third kappa shape index (κ3) is 7.92. The number of benzene rings is 3. The van der Waals surface area contributed by atoms with Crippen molar-refractivity contribution in [1.29, 1.82) is 0 Å². The molecule has 0 bridgehead atoms. The molecule has 7 rings (SSSR count). The van der Waals surface area contributed by atoms with Gasteiger partial charge in [0.1, 0.15) is 23.1 Å². The van der Waals surface area contributed by atoms with Crippen molar-refractivity contribution in [3.63, 3.8) is 0 Å². The Morgan fingerprint density at radius 1 is 0.851 bits per heavy atom. The molecule has 8 nitrogen and oxygen atoms in total. The summed E-state index contributed by atoms with van der Waals surface area (Å²) in [5, 5.41) is 1.66. The van der Waals surface area contributed by atoms with Crippen LogP contribution in [0.4, 0.5) is 11.5 Å². The summed E-state index contributed by atoms with van der Waals surface area (Å²) in [6, 6.07) is 29.4. The number of aromatic nitrogens is 2. The van der Waals surface area contributed by atoms with Crippen LogP contribution < -0.4 is 4.90 Å². The van der Waals surface area contributed by atoms with E-state index >= 15 is 0 Å². The number of halogens is 2. The summed E-state index contributed by atoms with van der Waals surface area (Å²) in [5.41, 5.74) is 4.93. The van der Waals surface area contributed by atoms with Crippen LogP contribution in [-0.2, 0) is 17.7 Å². The maximum absolute atomic E-state index is 10.5. The van der Waals surface area contributed by atoms with Gasteiger partial charge in [0.15, 0.2) is 12.0 Å². The van der Waals surface area contributed by atoms with E-state index in [0.717, 1.165) is 78.8 Å². The lowest BCUT2D eigenvalue weighted by Crippen LogP contribution is -2.35. The molecule has 1 saturated heterocycles. The molecule has 1 aliphatic rings. The van der Waals surface area contributed by atoms with Gasteiger partial charge in [-0.05, 0) is 84.2 Å². The van der Waals surface area contributed by atoms with Crippen LogP contribution >= 0.6 is 23.2 Å². The minimum Gasteiger partial charge on any atom is -0.460 e. The van der Waals surface area contributed by atoms with Crippen LogP contribution in [0.5, 0.6) is 0 Å². The Hall–Kier alpha value is -4.47. The predicted molar refractivity (Wildman–Crippen MR) is 187 cm³/mol. The Kier molecular flexibility index (Phi) is 10.3. The quantitative estimate of drug-likeness (QED) is 0.117. The molecule has 0 aliphatic carbocycles. The minimum absolute atomic E-state index is 0.177. The summed E-state index contributed by atoms with van der Waals surface area (Å²) in [7, 11) is 1.96. The van der Waals surface area contributed by atoms with Crippen LogP contribution in [0.2, 0.25) is 10.3 Å². The van der Waals surface area contributed by atoms with Crippen LogP contribution in [0.25, 0.3) is 33.6 Å². The molecule has 0 spiro atoms. The molecule has 6 aromatic rings. The first-order chi connectivity index (χ1) is 22.9. The lowest BCUT2D eigenvalue weighted by molar-refractivity contribution is 0.0314. The normalized spacial score (nSPS) is 13.3. The Bertz CT molecular complexity index is 1980. The number of fused-ring (bicyclic) bond motifs is 1. The Balaban J connectivity index is 0.000000215. The second-order valence-electron chi connectivity index (χ2n) is 11.1. The van der Waals surface area contributed by atoms with Gasteiger partial charge in [-0.1, -0.05) is 48.9 Å². The van der Waals surface area contributed by atoms with Crippen LogP contribution in [0.15, 0.2) is 99.8 Å². The maximum atomic E-state index is 10.5. The second-order valence-corrected chi connectivity index (χ2v) is 11.9. The number of morpholine rings is 1. The summed E-state index contributed by atoms with van der Waals surface area (Å²) >= 11 is 12.3. The highest BCUT2D eigenvalue weighted by Crippen LogP contribution is 2.33. The largest absolute Gasteiger partial charge is 0.460 e. The van der Waals surface area contributed by atoms with E-state index < -0.39 is 0 Å². The molecule has 4 heterocycles. The van der Waals surface area contributed by atoms with Crippen LogP contribution in [0.1, 0.15) is 28.8 Å². The first-order valence-electron chi connectivity index (χ1n) is 15.4. The zero-order valence-electron chi connectivity index (χ0n) is 26.2. The molecule has 3 aromatic carbocycles. The number of rotatable bonds is 8. The van der Waals surface area contributed by atoms with Crippen LogP contribution in [0.3, 0.4) is 0 Å². The van der Waals surface area contributed by atoms with Gasteiger partial charge in [-0.3, -0.25) is 9.69 Å². The maximum Gasteiger partial charge on any atom is 0.224 e. The number of hydrogen-bond acceptors (Lipinski definition) is 8. The molecule has 0 unspecified atom stereocenters. The molecule has 0 amide bonds. The predicted octanol–water partition coefficient (Wildman–Crippen LogP) is 9.12. The van der Waals surface area contributed by atoms with E-state index in [2.05, 4.69) is 40.0 Å². The van der Waals surface area contributed by atoms with E-state index in [9.17, 15) is 4.79 Å². The van der Waals surface area contributed by atoms with E-state index in [0.29, 0.717) is 28.4 Å². The molecule has 0 atom stereocenters. The van der Waals surface area contributed by atoms with E-state index in [-0.39, 0.29) is 5.28 Å². The van der Waals surface area contributed by atoms with Crippen molar-refractivity contribution >= 4 is 51.9 Å². The van der Waals surface area contributed by atoms with Crippen molar-refractivity contribution in [2.45, 2.75) is 19.9 Å². The highest BCUT2D eigenvalue weighted by molar-refractivity contribution is 6.31. The number of aryl methyl sites for hydroxylation is 1. The molecular weight excluding hydrogens is 635 g/mol. The lowest BCUT2D eigenvalue weighted by atomic mass is 10.1. The molecule has 0 N–H and O–H groups in total. The monoisotopic (exact) mass is 668 g/mol. The number of hydrogen-bond donors (Lipinski definition) is 0. The molecular formula is C37H34Cl2N4O4. The van der Waals surface area contributed by atoms with E-state index in [1.54, 1.807) is 12.1 Å². The van der Waals surface area contributed by atoms with Gasteiger partial charge in [0, 0.05) is 47.4 Å². The fourth-order valence-corrected chi connectivity index (χ4v) is 5.76. The van der Waals surface area contributed by atoms with E-state index in [4.69, 9.17) is 36.8 Å². The van der Waals surface area contributed by atoms with Gasteiger partial charge < -0.3 is 18.5 Å². The van der Waals surface area contributed by atoms with Crippen molar-refractivity contribution < 1.29 is 18.4 Å². The van der Waals surface area contributed by atoms with Gasteiger partial charge in [0.2, 0.25) is 5.28 Å². The molecule has 47 heavy (non-hydrogen) atoms. The third-order valence-corrected chi connectivity index (χ3v) is 8.36. The first kappa shape index (κ1) is 32.5. The van der Waals surface area contributed by atoms with Crippen LogP contribution in [0, 0.1) is 0 Å². The summed E-state index contributed by atoms with van der Waals surface area (Å²) in [5.74, 6) is 3.60. The topological polar surface area (TPSA) is 84.8 Å². The van der Waals surface area contributed by atoms with Gasteiger partial charge in [0.25, 0.3) is 0 Å². The number of furan rings is 2. The fraction of sp³-hybridized carbons (Fsp3) is 0.216. The average Bonchev–Trinajstić information content (AvgIpc) is 3.79. The summed E-state index contributed by atoms with van der Waals surface area (Å²) in [6.07, 6.45) is 1.71. The van der Waals surface area contributed by atoms with Crippen molar-refractivity contribution in [2.24, 2.45) is 0 Å². The van der Waals surface area contributed by atoms with Gasteiger partial charge in [0.05, 0.1) is 25.3 Å². The molecule has 0 saturated carbocycles. The van der Waals surface area contributed by atoms with Gasteiger partial charge in [-0.15, -0.1) is 0 Å². The van der Waals surface area contributed by atoms with Crippen molar-refractivity contribution in [3.8, 4) is 22.6 Å². The Morgan fingerprint density at radius 3 is 2.36 bits per heavy atom. The highest BCUT2D eigenvalue weighted by atomic mass is 35.5. The summed E-state index contributed by atoms with van der Waals surface area (Å²) in [4.78, 5) is 23.6. The third-order valence-electron chi connectivity index (χ3n) is 7.95. The SMILES string of the molecule is CCc1cccc(-c2ccc(C=O)o2)c1.CN(c1cccc(-c2ccc(CN3CCOCC3)o2)c1)c1nc(Cl)nc2cc(Cl)ccc12. The lowest BCUT2D eigenvalue weighted by Gasteiger charge is -2.25. The molecule has 240 valence electrons. The Morgan fingerprint density at radius 2 is 1.60 bits per heavy atom. The zero-order chi connectivity index (χ0) is 32.8. The summed E-state index contributed by atoms with van der Waals surface area (Å²) < 4.78 is 16.9. The molecule has 3 aromatic heterocycles. The van der Waals surface area contributed by atoms with Crippen molar-refractivity contribution in [2.75, 3.05) is 38.3 Å². The number of carbonyl (C=O) groups is 1. The zero-order valence-corrected chi connectivity index (χ0v) is 27.7. The highest BCUT2D eigenvalue weighted by Gasteiger charge is 2.16. The number of anilines is 2. The first-order valence-corrected chi connectivity index (χ1v) is 16.2. The number of nitrogens with zero attached hydrogens (tertiary/aromatic N) is 4. The molecule has 0 radical (unpaired) electrons. The average molecular weight is 670 g/mol. The molecule has 1 fully saturated rings. The molecule has 10 heteroatoms. The fourth-order valence-electron chi connectivity index (χ4n) is 5.42. The minimum atomic E-state index is 0.177. The van der Waals surface area contributed by atoms with E-state index in [1.807, 2.05) is 72.6 Å². The standard InChI is InChI=1S/C24H22Cl2N4O2.C13H12O2/c1-29(23-20-7-5-17(25)14-21(20)27-24(26)28-23)18-4-2-3-16(13-18)22-8-6-19(32-22)15-30-9-11-31-12-10-30;1-2-10-4-3-5-11(8-10)13-7-6-12(9-14)15-13/h2-8,13-14H,9-12,15H2,1H3;3-9H,2H2,1H3. The van der Waals surface area contributed by atoms with Gasteiger partial charge >= 0.3 is 0 Å². The number of carbonyl (C=O) groups excluding carboxylic acids is 1. The van der Waals surface area contributed by atoms with Gasteiger partial charge in [-0.2, -0.15) is 4.98 Å². The van der Waals surface area contributed by atoms with E-state index in [1.165, 1.54) is 5.56 Å². The summed E-state index contributed by atoms with van der Waals surface area (Å²) in [6.45, 7) is 6.30. The van der Waals surface area contributed by atoms with Crippen LogP contribution in [-0.4, -0.2) is 54.5 Å². The van der Waals surface area contributed by atoms with Crippen molar-refractivity contribution in [3.05, 3.63) is 118 Å². The second kappa shape index (κ2) is 15.0. The Labute approximate surface area is 283 Å². The smallest absolute Gasteiger partial charge is 0.224 e. The molecule has 1 aliphatic heterocycles. The van der Waals surface area contributed by atoms with Gasteiger partial charge in [-0.25, -0.2) is 4.98 Å². The number of aldehydes is 1.